The lowest BCUT2D eigenvalue weighted by molar-refractivity contribution is 0.122. The van der Waals surface area contributed by atoms with Gasteiger partial charge >= 0.3 is 0 Å². The zero-order valence-electron chi connectivity index (χ0n) is 14.7. The Kier molecular flexibility index (Phi) is 5.52. The SMILES string of the molecule is N#Cc1c(N)nc(N2CCOCC2)c(C#N)c1[C@H](C#N)Cc1ccccc1. The molecule has 27 heavy (non-hydrogen) atoms. The third kappa shape index (κ3) is 3.67. The van der Waals surface area contributed by atoms with Crippen molar-refractivity contribution in [1.82, 2.24) is 4.98 Å². The Balaban J connectivity index is 2.14. The van der Waals surface area contributed by atoms with E-state index in [2.05, 4.69) is 17.1 Å². The molecule has 0 spiro atoms. The molecule has 0 amide bonds. The Morgan fingerprint density at radius 3 is 2.33 bits per heavy atom. The zero-order valence-corrected chi connectivity index (χ0v) is 14.7. The third-order valence-corrected chi connectivity index (χ3v) is 4.57. The second-order valence-corrected chi connectivity index (χ2v) is 6.18. The van der Waals surface area contributed by atoms with E-state index in [9.17, 15) is 15.8 Å². The van der Waals surface area contributed by atoms with Crippen LogP contribution in [0.15, 0.2) is 30.3 Å². The minimum atomic E-state index is -0.679. The van der Waals surface area contributed by atoms with Gasteiger partial charge in [-0.1, -0.05) is 30.3 Å². The van der Waals surface area contributed by atoms with Crippen LogP contribution in [0.2, 0.25) is 0 Å². The standard InChI is InChI=1S/C20H18N6O/c21-11-15(10-14-4-2-1-3-5-14)18-16(12-22)19(24)25-20(17(18)13-23)26-6-8-27-9-7-26/h1-5,15H,6-10H2,(H2,24,25)/t15-/m0/s1. The number of hydrogen-bond donors (Lipinski definition) is 1. The van der Waals surface area contributed by atoms with E-state index in [4.69, 9.17) is 10.5 Å². The molecule has 2 heterocycles. The molecule has 1 aromatic heterocycles. The van der Waals surface area contributed by atoms with Crippen LogP contribution in [0.5, 0.6) is 0 Å². The van der Waals surface area contributed by atoms with E-state index in [1.54, 1.807) is 0 Å². The Morgan fingerprint density at radius 2 is 1.74 bits per heavy atom. The summed E-state index contributed by atoms with van der Waals surface area (Å²) in [6, 6.07) is 15.9. The summed E-state index contributed by atoms with van der Waals surface area (Å²) < 4.78 is 5.36. The topological polar surface area (TPSA) is 123 Å². The van der Waals surface area contributed by atoms with Crippen LogP contribution in [0.3, 0.4) is 0 Å². The highest BCUT2D eigenvalue weighted by Gasteiger charge is 2.28. The summed E-state index contributed by atoms with van der Waals surface area (Å²) in [5.74, 6) is -0.219. The molecule has 134 valence electrons. The van der Waals surface area contributed by atoms with Crippen LogP contribution >= 0.6 is 0 Å². The van der Waals surface area contributed by atoms with Gasteiger partial charge < -0.3 is 15.4 Å². The summed E-state index contributed by atoms with van der Waals surface area (Å²) in [5.41, 5.74) is 7.69. The predicted molar refractivity (Wildman–Crippen MR) is 99.6 cm³/mol. The molecule has 1 atom stereocenters. The average Bonchev–Trinajstić information content (AvgIpc) is 2.72. The summed E-state index contributed by atoms with van der Waals surface area (Å²) >= 11 is 0. The lowest BCUT2D eigenvalue weighted by atomic mass is 9.87. The smallest absolute Gasteiger partial charge is 0.149 e. The fourth-order valence-corrected chi connectivity index (χ4v) is 3.25. The van der Waals surface area contributed by atoms with E-state index < -0.39 is 5.92 Å². The molecule has 0 bridgehead atoms. The van der Waals surface area contributed by atoms with Crippen molar-refractivity contribution in [1.29, 1.82) is 15.8 Å². The van der Waals surface area contributed by atoms with Crippen molar-refractivity contribution in [3.63, 3.8) is 0 Å². The molecule has 1 fully saturated rings. The molecule has 1 aromatic carbocycles. The number of nitriles is 3. The number of ether oxygens (including phenoxy) is 1. The number of anilines is 2. The molecular formula is C20H18N6O. The van der Waals surface area contributed by atoms with E-state index in [0.717, 1.165) is 5.56 Å². The van der Waals surface area contributed by atoms with Crippen LogP contribution in [0.1, 0.15) is 28.2 Å². The number of morpholine rings is 1. The first-order chi connectivity index (χ1) is 13.2. The van der Waals surface area contributed by atoms with Crippen LogP contribution in [-0.4, -0.2) is 31.3 Å². The second kappa shape index (κ2) is 8.19. The molecule has 1 saturated heterocycles. The van der Waals surface area contributed by atoms with Crippen molar-refractivity contribution < 1.29 is 4.74 Å². The van der Waals surface area contributed by atoms with Crippen LogP contribution in [0.4, 0.5) is 11.6 Å². The molecule has 2 N–H and O–H groups in total. The molecule has 0 aliphatic carbocycles. The van der Waals surface area contributed by atoms with Gasteiger partial charge in [0.1, 0.15) is 34.9 Å². The monoisotopic (exact) mass is 358 g/mol. The van der Waals surface area contributed by atoms with Gasteiger partial charge in [0.15, 0.2) is 0 Å². The van der Waals surface area contributed by atoms with Gasteiger partial charge in [0.25, 0.3) is 0 Å². The van der Waals surface area contributed by atoms with E-state index in [-0.39, 0.29) is 16.9 Å². The van der Waals surface area contributed by atoms with Crippen LogP contribution in [0.25, 0.3) is 0 Å². The Bertz CT molecular complexity index is 946. The predicted octanol–water partition coefficient (Wildman–Crippen LogP) is 2.09. The first-order valence-electron chi connectivity index (χ1n) is 8.59. The molecule has 7 nitrogen and oxygen atoms in total. The van der Waals surface area contributed by atoms with Gasteiger partial charge in [0, 0.05) is 18.7 Å². The normalized spacial score (nSPS) is 14.6. The molecule has 3 rings (SSSR count). The minimum absolute atomic E-state index is 0.0429. The maximum absolute atomic E-state index is 9.84. The summed E-state index contributed by atoms with van der Waals surface area (Å²) in [7, 11) is 0. The van der Waals surface area contributed by atoms with Gasteiger partial charge in [-0.15, -0.1) is 0 Å². The minimum Gasteiger partial charge on any atom is -0.383 e. The molecule has 0 unspecified atom stereocenters. The van der Waals surface area contributed by atoms with E-state index in [1.807, 2.05) is 41.3 Å². The van der Waals surface area contributed by atoms with Crippen molar-refractivity contribution in [3.8, 4) is 18.2 Å². The number of benzene rings is 1. The number of rotatable bonds is 4. The number of nitrogens with zero attached hydrogens (tertiary/aromatic N) is 5. The maximum atomic E-state index is 9.84. The van der Waals surface area contributed by atoms with Gasteiger partial charge in [-0.3, -0.25) is 0 Å². The molecule has 0 radical (unpaired) electrons. The van der Waals surface area contributed by atoms with Crippen molar-refractivity contribution in [2.24, 2.45) is 0 Å². The van der Waals surface area contributed by atoms with Crippen LogP contribution in [-0.2, 0) is 11.2 Å². The van der Waals surface area contributed by atoms with Crippen LogP contribution < -0.4 is 10.6 Å². The maximum Gasteiger partial charge on any atom is 0.149 e. The molecular weight excluding hydrogens is 340 g/mol. The fraction of sp³-hybridized carbons (Fsp3) is 0.300. The summed E-state index contributed by atoms with van der Waals surface area (Å²) in [6.45, 7) is 2.19. The Morgan fingerprint density at radius 1 is 1.07 bits per heavy atom. The number of hydrogen-bond acceptors (Lipinski definition) is 7. The molecule has 0 saturated carbocycles. The molecule has 1 aliphatic rings. The van der Waals surface area contributed by atoms with E-state index >= 15 is 0 Å². The number of aromatic nitrogens is 1. The quantitative estimate of drug-likeness (QED) is 0.887. The first kappa shape index (κ1) is 18.2. The highest BCUT2D eigenvalue weighted by atomic mass is 16.5. The van der Waals surface area contributed by atoms with Gasteiger partial charge in [-0.2, -0.15) is 15.8 Å². The number of pyridine rings is 1. The van der Waals surface area contributed by atoms with E-state index in [0.29, 0.717) is 44.1 Å². The summed E-state index contributed by atoms with van der Waals surface area (Å²) in [6.07, 6.45) is 0.382. The van der Waals surface area contributed by atoms with Gasteiger partial charge in [0.05, 0.1) is 25.2 Å². The largest absolute Gasteiger partial charge is 0.383 e. The van der Waals surface area contributed by atoms with Gasteiger partial charge in [0.2, 0.25) is 0 Å². The lowest BCUT2D eigenvalue weighted by Crippen LogP contribution is -2.37. The Hall–Kier alpha value is -3.60. The zero-order chi connectivity index (χ0) is 19.2. The Labute approximate surface area is 157 Å². The highest BCUT2D eigenvalue weighted by molar-refractivity contribution is 5.70. The van der Waals surface area contributed by atoms with Crippen molar-refractivity contribution in [3.05, 3.63) is 52.6 Å². The average molecular weight is 358 g/mol. The van der Waals surface area contributed by atoms with Crippen molar-refractivity contribution in [2.45, 2.75) is 12.3 Å². The fourth-order valence-electron chi connectivity index (χ4n) is 3.25. The first-order valence-corrected chi connectivity index (χ1v) is 8.59. The summed E-state index contributed by atoms with van der Waals surface area (Å²) in [5, 5.41) is 29.3. The van der Waals surface area contributed by atoms with E-state index in [1.165, 1.54) is 0 Å². The number of nitrogens with two attached hydrogens (primary N) is 1. The second-order valence-electron chi connectivity index (χ2n) is 6.18. The van der Waals surface area contributed by atoms with Crippen molar-refractivity contribution in [2.75, 3.05) is 36.9 Å². The lowest BCUT2D eigenvalue weighted by Gasteiger charge is -2.30. The number of nitrogen functional groups attached to an aromatic ring is 1. The molecule has 2 aromatic rings. The van der Waals surface area contributed by atoms with Gasteiger partial charge in [-0.25, -0.2) is 4.98 Å². The van der Waals surface area contributed by atoms with Crippen molar-refractivity contribution >= 4 is 11.6 Å². The summed E-state index contributed by atoms with van der Waals surface area (Å²) in [4.78, 5) is 6.23. The highest BCUT2D eigenvalue weighted by Crippen LogP contribution is 2.34. The van der Waals surface area contributed by atoms with Gasteiger partial charge in [-0.05, 0) is 12.0 Å². The molecule has 1 aliphatic heterocycles. The van der Waals surface area contributed by atoms with Crippen LogP contribution in [0, 0.1) is 34.0 Å². The third-order valence-electron chi connectivity index (χ3n) is 4.57. The molecule has 7 heteroatoms.